The van der Waals surface area contributed by atoms with Gasteiger partial charge in [-0.2, -0.15) is 0 Å². The molecule has 0 saturated heterocycles. The summed E-state index contributed by atoms with van der Waals surface area (Å²) in [5.41, 5.74) is 1.60. The highest BCUT2D eigenvalue weighted by Crippen LogP contribution is 2.14. The van der Waals surface area contributed by atoms with Crippen LogP contribution in [0.25, 0.3) is 0 Å². The van der Waals surface area contributed by atoms with Crippen LogP contribution in [0.4, 0.5) is 10.1 Å². The van der Waals surface area contributed by atoms with Crippen molar-refractivity contribution in [2.24, 2.45) is 0 Å². The van der Waals surface area contributed by atoms with Gasteiger partial charge in [0.2, 0.25) is 5.91 Å². The highest BCUT2D eigenvalue weighted by molar-refractivity contribution is 6.04. The minimum atomic E-state index is -0.552. The van der Waals surface area contributed by atoms with Crippen molar-refractivity contribution in [1.29, 1.82) is 0 Å². The number of anilines is 1. The van der Waals surface area contributed by atoms with E-state index in [1.165, 1.54) is 18.2 Å². The second-order valence-corrected chi connectivity index (χ2v) is 5.42. The molecule has 5 heteroatoms. The van der Waals surface area contributed by atoms with Crippen molar-refractivity contribution in [2.45, 2.75) is 12.8 Å². The fraction of sp³-hybridized carbons (Fsp3) is 0.222. The monoisotopic (exact) mass is 314 g/mol. The predicted octanol–water partition coefficient (Wildman–Crippen LogP) is 3.10. The molecule has 0 heterocycles. The van der Waals surface area contributed by atoms with E-state index in [0.29, 0.717) is 18.5 Å². The van der Waals surface area contributed by atoms with Crippen LogP contribution >= 0.6 is 0 Å². The first-order valence-corrected chi connectivity index (χ1v) is 7.32. The van der Waals surface area contributed by atoms with Crippen molar-refractivity contribution in [3.05, 3.63) is 65.5 Å². The highest BCUT2D eigenvalue weighted by Gasteiger charge is 2.11. The number of aryl methyl sites for hydroxylation is 1. The van der Waals surface area contributed by atoms with Gasteiger partial charge in [0.25, 0.3) is 5.91 Å². The van der Waals surface area contributed by atoms with E-state index in [1.54, 1.807) is 37.2 Å². The van der Waals surface area contributed by atoms with Gasteiger partial charge in [-0.3, -0.25) is 9.59 Å². The van der Waals surface area contributed by atoms with E-state index in [0.717, 1.165) is 5.56 Å². The second-order valence-electron chi connectivity index (χ2n) is 5.42. The molecule has 0 aliphatic heterocycles. The van der Waals surface area contributed by atoms with Gasteiger partial charge in [-0.1, -0.05) is 24.3 Å². The summed E-state index contributed by atoms with van der Waals surface area (Å²) in [4.78, 5) is 25.1. The maximum absolute atomic E-state index is 13.6. The largest absolute Gasteiger partial charge is 0.349 e. The summed E-state index contributed by atoms with van der Waals surface area (Å²) in [5.74, 6) is -0.968. The van der Waals surface area contributed by atoms with E-state index < -0.39 is 11.7 Å². The van der Waals surface area contributed by atoms with Crippen LogP contribution in [0.15, 0.2) is 48.5 Å². The third kappa shape index (κ3) is 4.64. The van der Waals surface area contributed by atoms with Gasteiger partial charge in [-0.05, 0) is 36.2 Å². The van der Waals surface area contributed by atoms with Gasteiger partial charge in [0, 0.05) is 26.2 Å². The lowest BCUT2D eigenvalue weighted by Gasteiger charge is -2.10. The van der Waals surface area contributed by atoms with Crippen LogP contribution < -0.4 is 5.32 Å². The van der Waals surface area contributed by atoms with Gasteiger partial charge in [0.1, 0.15) is 5.82 Å². The van der Waals surface area contributed by atoms with Crippen molar-refractivity contribution in [1.82, 2.24) is 4.90 Å². The Hall–Kier alpha value is -2.69. The summed E-state index contributed by atoms with van der Waals surface area (Å²) in [6.45, 7) is 0. The van der Waals surface area contributed by atoms with Crippen LogP contribution in [0.3, 0.4) is 0 Å². The number of benzene rings is 2. The standard InChI is InChI=1S/C18H19FN2O2/c1-21(2)17(22)12-9-13-7-10-14(11-8-13)20-18(23)15-5-3-4-6-16(15)19/h3-8,10-11H,9,12H2,1-2H3,(H,20,23). The van der Waals surface area contributed by atoms with Crippen LogP contribution in [0.2, 0.25) is 0 Å². The van der Waals surface area contributed by atoms with Crippen molar-refractivity contribution in [3.63, 3.8) is 0 Å². The number of hydrogen-bond acceptors (Lipinski definition) is 2. The molecule has 2 aromatic carbocycles. The van der Waals surface area contributed by atoms with E-state index in [4.69, 9.17) is 0 Å². The molecule has 0 aliphatic rings. The lowest BCUT2D eigenvalue weighted by atomic mass is 10.1. The number of nitrogens with zero attached hydrogens (tertiary/aromatic N) is 1. The van der Waals surface area contributed by atoms with Gasteiger partial charge >= 0.3 is 0 Å². The highest BCUT2D eigenvalue weighted by atomic mass is 19.1. The van der Waals surface area contributed by atoms with Crippen molar-refractivity contribution in [2.75, 3.05) is 19.4 Å². The molecule has 0 spiro atoms. The molecule has 120 valence electrons. The number of hydrogen-bond donors (Lipinski definition) is 1. The molecule has 2 aromatic rings. The molecule has 0 radical (unpaired) electrons. The lowest BCUT2D eigenvalue weighted by Crippen LogP contribution is -2.21. The zero-order valence-electron chi connectivity index (χ0n) is 13.2. The molecule has 0 aliphatic carbocycles. The summed E-state index contributed by atoms with van der Waals surface area (Å²) in [5, 5.41) is 2.66. The molecule has 0 fully saturated rings. The summed E-state index contributed by atoms with van der Waals surface area (Å²) in [7, 11) is 3.45. The second kappa shape index (κ2) is 7.54. The normalized spacial score (nSPS) is 10.2. The Labute approximate surface area is 134 Å². The number of halogens is 1. The van der Waals surface area contributed by atoms with E-state index >= 15 is 0 Å². The Morgan fingerprint density at radius 1 is 1.04 bits per heavy atom. The first kappa shape index (κ1) is 16.7. The predicted molar refractivity (Wildman–Crippen MR) is 87.8 cm³/mol. The minimum Gasteiger partial charge on any atom is -0.349 e. The number of carbonyl (C=O) groups excluding carboxylic acids is 2. The zero-order valence-corrected chi connectivity index (χ0v) is 13.2. The van der Waals surface area contributed by atoms with Crippen LogP contribution in [-0.4, -0.2) is 30.8 Å². The molecule has 0 unspecified atom stereocenters. The maximum Gasteiger partial charge on any atom is 0.258 e. The average molecular weight is 314 g/mol. The van der Waals surface area contributed by atoms with Gasteiger partial charge in [-0.15, -0.1) is 0 Å². The first-order valence-electron chi connectivity index (χ1n) is 7.32. The smallest absolute Gasteiger partial charge is 0.258 e. The minimum absolute atomic E-state index is 0.00755. The average Bonchev–Trinajstić information content (AvgIpc) is 2.54. The van der Waals surface area contributed by atoms with E-state index in [9.17, 15) is 14.0 Å². The van der Waals surface area contributed by atoms with Crippen molar-refractivity contribution >= 4 is 17.5 Å². The van der Waals surface area contributed by atoms with Gasteiger partial charge in [0.15, 0.2) is 0 Å². The van der Waals surface area contributed by atoms with Crippen LogP contribution in [0.1, 0.15) is 22.3 Å². The van der Waals surface area contributed by atoms with E-state index in [-0.39, 0.29) is 11.5 Å². The number of nitrogens with one attached hydrogen (secondary N) is 1. The molecular weight excluding hydrogens is 295 g/mol. The topological polar surface area (TPSA) is 49.4 Å². The Bertz CT molecular complexity index is 696. The molecule has 0 bridgehead atoms. The van der Waals surface area contributed by atoms with Crippen LogP contribution in [0, 0.1) is 5.82 Å². The zero-order chi connectivity index (χ0) is 16.8. The fourth-order valence-corrected chi connectivity index (χ4v) is 2.07. The molecule has 4 nitrogen and oxygen atoms in total. The van der Waals surface area contributed by atoms with Gasteiger partial charge < -0.3 is 10.2 Å². The maximum atomic E-state index is 13.6. The third-order valence-electron chi connectivity index (χ3n) is 3.46. The number of rotatable bonds is 5. The molecule has 0 aromatic heterocycles. The Balaban J connectivity index is 1.96. The molecule has 2 rings (SSSR count). The summed E-state index contributed by atoms with van der Waals surface area (Å²) < 4.78 is 13.6. The van der Waals surface area contributed by atoms with Crippen molar-refractivity contribution < 1.29 is 14.0 Å². The molecular formula is C18H19FN2O2. The van der Waals surface area contributed by atoms with E-state index in [1.807, 2.05) is 12.1 Å². The van der Waals surface area contributed by atoms with Crippen LogP contribution in [-0.2, 0) is 11.2 Å². The number of carbonyl (C=O) groups is 2. The Morgan fingerprint density at radius 2 is 1.70 bits per heavy atom. The van der Waals surface area contributed by atoms with Crippen LogP contribution in [0.5, 0.6) is 0 Å². The molecule has 2 amide bonds. The Morgan fingerprint density at radius 3 is 2.30 bits per heavy atom. The Kier molecular flexibility index (Phi) is 5.46. The first-order chi connectivity index (χ1) is 11.0. The quantitative estimate of drug-likeness (QED) is 0.922. The van der Waals surface area contributed by atoms with Gasteiger partial charge in [-0.25, -0.2) is 4.39 Å². The molecule has 23 heavy (non-hydrogen) atoms. The fourth-order valence-electron chi connectivity index (χ4n) is 2.07. The van der Waals surface area contributed by atoms with E-state index in [2.05, 4.69) is 5.32 Å². The van der Waals surface area contributed by atoms with Gasteiger partial charge in [0.05, 0.1) is 5.56 Å². The molecule has 0 atom stereocenters. The SMILES string of the molecule is CN(C)C(=O)CCc1ccc(NC(=O)c2ccccc2F)cc1. The molecule has 1 N–H and O–H groups in total. The third-order valence-corrected chi connectivity index (χ3v) is 3.46. The van der Waals surface area contributed by atoms with Crippen molar-refractivity contribution in [3.8, 4) is 0 Å². The summed E-state index contributed by atoms with van der Waals surface area (Å²) in [6.07, 6.45) is 1.08. The lowest BCUT2D eigenvalue weighted by molar-refractivity contribution is -0.128. The summed E-state index contributed by atoms with van der Waals surface area (Å²) in [6, 6.07) is 13.0. The molecule has 0 saturated carbocycles. The summed E-state index contributed by atoms with van der Waals surface area (Å²) >= 11 is 0. The number of amides is 2.